The Hall–Kier alpha value is -3.18. The molecule has 0 amide bonds. The number of hydrogen-bond donors (Lipinski definition) is 0. The average molecular weight is 344 g/mol. The van der Waals surface area contributed by atoms with Crippen molar-refractivity contribution in [2.24, 2.45) is 0 Å². The zero-order valence-corrected chi connectivity index (χ0v) is 14.6. The number of rotatable bonds is 6. The van der Waals surface area contributed by atoms with Gasteiger partial charge in [-0.25, -0.2) is 9.67 Å². The highest BCUT2D eigenvalue weighted by molar-refractivity contribution is 5.55. The minimum atomic E-state index is 0.642. The zero-order valence-electron chi connectivity index (χ0n) is 14.6. The molecule has 0 atom stereocenters. The van der Waals surface area contributed by atoms with Gasteiger partial charge in [0.05, 0.1) is 24.6 Å². The summed E-state index contributed by atoms with van der Waals surface area (Å²) in [4.78, 5) is 6.56. The molecule has 4 aromatic rings. The number of benzene rings is 2. The molecule has 0 saturated heterocycles. The minimum Gasteiger partial charge on any atom is -0.439 e. The van der Waals surface area contributed by atoms with Crippen LogP contribution in [-0.2, 0) is 13.1 Å². The van der Waals surface area contributed by atoms with E-state index in [4.69, 9.17) is 4.42 Å². The molecule has 0 aliphatic heterocycles. The van der Waals surface area contributed by atoms with Gasteiger partial charge >= 0.3 is 0 Å². The van der Waals surface area contributed by atoms with E-state index < -0.39 is 0 Å². The Morgan fingerprint density at radius 2 is 1.65 bits per heavy atom. The number of para-hydroxylation sites is 1. The summed E-state index contributed by atoms with van der Waals surface area (Å²) in [5.74, 6) is 1.51. The van der Waals surface area contributed by atoms with E-state index in [0.717, 1.165) is 29.1 Å². The molecule has 2 heterocycles. The first-order chi connectivity index (χ1) is 12.8. The molecule has 2 aromatic carbocycles. The normalized spacial score (nSPS) is 11.2. The van der Waals surface area contributed by atoms with Crippen molar-refractivity contribution in [3.63, 3.8) is 0 Å². The highest BCUT2D eigenvalue weighted by Gasteiger charge is 2.10. The molecule has 0 aliphatic rings. The molecule has 0 N–H and O–H groups in total. The minimum absolute atomic E-state index is 0.642. The van der Waals surface area contributed by atoms with Crippen LogP contribution in [0, 0.1) is 0 Å². The van der Waals surface area contributed by atoms with Crippen LogP contribution in [0.1, 0.15) is 11.5 Å². The third-order valence-electron chi connectivity index (χ3n) is 4.13. The predicted molar refractivity (Wildman–Crippen MR) is 101 cm³/mol. The predicted octanol–water partition coefficient (Wildman–Crippen LogP) is 4.16. The lowest BCUT2D eigenvalue weighted by Crippen LogP contribution is -2.17. The van der Waals surface area contributed by atoms with Crippen LogP contribution >= 0.6 is 0 Å². The molecule has 0 unspecified atom stereocenters. The third kappa shape index (κ3) is 3.73. The van der Waals surface area contributed by atoms with Crippen molar-refractivity contribution in [3.05, 3.63) is 90.7 Å². The van der Waals surface area contributed by atoms with Gasteiger partial charge in [-0.3, -0.25) is 4.90 Å². The van der Waals surface area contributed by atoms with Gasteiger partial charge in [0.15, 0.2) is 5.76 Å². The second kappa shape index (κ2) is 7.37. The van der Waals surface area contributed by atoms with Crippen molar-refractivity contribution >= 4 is 0 Å². The second-order valence-corrected chi connectivity index (χ2v) is 6.29. The van der Waals surface area contributed by atoms with Crippen LogP contribution in [0.4, 0.5) is 0 Å². The molecule has 0 radical (unpaired) electrons. The molecule has 4 rings (SSSR count). The summed E-state index contributed by atoms with van der Waals surface area (Å²) in [6, 6.07) is 20.1. The van der Waals surface area contributed by atoms with E-state index in [0.29, 0.717) is 12.4 Å². The van der Waals surface area contributed by atoms with Gasteiger partial charge in [-0.2, -0.15) is 5.10 Å². The van der Waals surface area contributed by atoms with Crippen molar-refractivity contribution < 1.29 is 4.42 Å². The number of nitrogens with zero attached hydrogens (tertiary/aromatic N) is 4. The van der Waals surface area contributed by atoms with Crippen molar-refractivity contribution in [3.8, 4) is 17.0 Å². The van der Waals surface area contributed by atoms with Crippen LogP contribution in [0.5, 0.6) is 0 Å². The molecule has 26 heavy (non-hydrogen) atoms. The first kappa shape index (κ1) is 16.3. The van der Waals surface area contributed by atoms with Crippen molar-refractivity contribution in [1.82, 2.24) is 19.7 Å². The topological polar surface area (TPSA) is 47.1 Å². The third-order valence-corrected chi connectivity index (χ3v) is 4.13. The van der Waals surface area contributed by atoms with E-state index >= 15 is 0 Å². The van der Waals surface area contributed by atoms with Crippen LogP contribution in [0.2, 0.25) is 0 Å². The standard InChI is InChI=1S/C21H20N4O/c1-24(14-17-12-23-25(15-17)19-10-6-3-7-11-19)16-21-22-13-20(26-21)18-8-4-2-5-9-18/h2-13,15H,14,16H2,1H3. The first-order valence-corrected chi connectivity index (χ1v) is 8.55. The largest absolute Gasteiger partial charge is 0.439 e. The van der Waals surface area contributed by atoms with E-state index in [2.05, 4.69) is 21.2 Å². The van der Waals surface area contributed by atoms with Crippen LogP contribution in [0.3, 0.4) is 0 Å². The van der Waals surface area contributed by atoms with Crippen LogP contribution in [0.15, 0.2) is 83.7 Å². The van der Waals surface area contributed by atoms with Gasteiger partial charge in [0.2, 0.25) is 5.89 Å². The number of aromatic nitrogens is 3. The highest BCUT2D eigenvalue weighted by Crippen LogP contribution is 2.20. The molecule has 0 fully saturated rings. The fraction of sp³-hybridized carbons (Fsp3) is 0.143. The maximum Gasteiger partial charge on any atom is 0.209 e. The summed E-state index contributed by atoms with van der Waals surface area (Å²) in [5, 5.41) is 4.44. The molecular formula is C21H20N4O. The summed E-state index contributed by atoms with van der Waals surface area (Å²) >= 11 is 0. The van der Waals surface area contributed by atoms with Crippen molar-refractivity contribution in [2.45, 2.75) is 13.1 Å². The number of hydrogen-bond acceptors (Lipinski definition) is 4. The molecule has 2 aromatic heterocycles. The van der Waals surface area contributed by atoms with Crippen LogP contribution < -0.4 is 0 Å². The fourth-order valence-electron chi connectivity index (χ4n) is 2.88. The van der Waals surface area contributed by atoms with E-state index in [1.54, 1.807) is 6.20 Å². The van der Waals surface area contributed by atoms with E-state index in [-0.39, 0.29) is 0 Å². The molecule has 0 saturated carbocycles. The van der Waals surface area contributed by atoms with Gasteiger partial charge in [0, 0.05) is 23.9 Å². The zero-order chi connectivity index (χ0) is 17.8. The summed E-state index contributed by atoms with van der Waals surface area (Å²) < 4.78 is 7.77. The lowest BCUT2D eigenvalue weighted by atomic mass is 10.2. The molecule has 5 heteroatoms. The first-order valence-electron chi connectivity index (χ1n) is 8.55. The van der Waals surface area contributed by atoms with E-state index in [1.807, 2.05) is 78.6 Å². The second-order valence-electron chi connectivity index (χ2n) is 6.29. The monoisotopic (exact) mass is 344 g/mol. The van der Waals surface area contributed by atoms with Crippen LogP contribution in [0.25, 0.3) is 17.0 Å². The molecule has 0 bridgehead atoms. The fourth-order valence-corrected chi connectivity index (χ4v) is 2.88. The maximum absolute atomic E-state index is 5.88. The van der Waals surface area contributed by atoms with Crippen molar-refractivity contribution in [1.29, 1.82) is 0 Å². The Morgan fingerprint density at radius 3 is 2.42 bits per heavy atom. The molecule has 130 valence electrons. The van der Waals surface area contributed by atoms with Gasteiger partial charge in [0.1, 0.15) is 0 Å². The Balaban J connectivity index is 1.40. The lowest BCUT2D eigenvalue weighted by Gasteiger charge is -2.12. The van der Waals surface area contributed by atoms with Gasteiger partial charge in [-0.15, -0.1) is 0 Å². The Kier molecular flexibility index (Phi) is 4.62. The Bertz CT molecular complexity index is 880. The summed E-state index contributed by atoms with van der Waals surface area (Å²) in [7, 11) is 2.05. The van der Waals surface area contributed by atoms with E-state index in [1.165, 1.54) is 0 Å². The number of oxazole rings is 1. The molecule has 0 spiro atoms. The Morgan fingerprint density at radius 1 is 0.923 bits per heavy atom. The SMILES string of the molecule is CN(Cc1cnn(-c2ccccc2)c1)Cc1ncc(-c2ccccc2)o1. The van der Waals surface area contributed by atoms with E-state index in [9.17, 15) is 0 Å². The van der Waals surface area contributed by atoms with Gasteiger partial charge in [-0.05, 0) is 19.2 Å². The highest BCUT2D eigenvalue weighted by atomic mass is 16.4. The van der Waals surface area contributed by atoms with Gasteiger partial charge in [0.25, 0.3) is 0 Å². The Labute approximate surface area is 152 Å². The lowest BCUT2D eigenvalue weighted by molar-refractivity contribution is 0.283. The average Bonchev–Trinajstić information content (AvgIpc) is 3.33. The summed E-state index contributed by atoms with van der Waals surface area (Å²) in [5.41, 5.74) is 3.24. The smallest absolute Gasteiger partial charge is 0.209 e. The van der Waals surface area contributed by atoms with Gasteiger partial charge < -0.3 is 4.42 Å². The molecule has 0 aliphatic carbocycles. The molecular weight excluding hydrogens is 324 g/mol. The quantitative estimate of drug-likeness (QED) is 0.527. The van der Waals surface area contributed by atoms with Crippen molar-refractivity contribution in [2.75, 3.05) is 7.05 Å². The van der Waals surface area contributed by atoms with Crippen LogP contribution in [-0.4, -0.2) is 26.7 Å². The summed E-state index contributed by atoms with van der Waals surface area (Å²) in [6.07, 6.45) is 5.73. The summed E-state index contributed by atoms with van der Waals surface area (Å²) in [6.45, 7) is 1.42. The van der Waals surface area contributed by atoms with Gasteiger partial charge in [-0.1, -0.05) is 48.5 Å². The maximum atomic E-state index is 5.88. The molecule has 5 nitrogen and oxygen atoms in total.